The molecule has 0 N–H and O–H groups in total. The zero-order chi connectivity index (χ0) is 16.8. The minimum atomic E-state index is -0.646. The van der Waals surface area contributed by atoms with Gasteiger partial charge in [-0.25, -0.2) is 0 Å². The average Bonchev–Trinajstić information content (AvgIpc) is 2.56. The van der Waals surface area contributed by atoms with Crippen molar-refractivity contribution >= 4 is 9.04 Å². The SMILES string of the molecule is CCCCCCCCCCC#CC(O[Si](C)C)C1CCCCC1. The maximum absolute atomic E-state index is 6.20. The van der Waals surface area contributed by atoms with Crippen LogP contribution in [0.4, 0.5) is 0 Å². The van der Waals surface area contributed by atoms with Gasteiger partial charge in [-0.3, -0.25) is 0 Å². The summed E-state index contributed by atoms with van der Waals surface area (Å²) in [6.07, 6.45) is 19.1. The molecule has 0 saturated heterocycles. The molecule has 0 heterocycles. The summed E-state index contributed by atoms with van der Waals surface area (Å²) < 4.78 is 6.20. The Labute approximate surface area is 147 Å². The first-order valence-electron chi connectivity index (χ1n) is 10.2. The van der Waals surface area contributed by atoms with Gasteiger partial charge in [0.05, 0.1) is 0 Å². The van der Waals surface area contributed by atoms with E-state index in [9.17, 15) is 0 Å². The standard InChI is InChI=1S/C21H39OSi/c1-4-5-6-7-8-9-10-11-12-16-19-21(22-23(2)3)20-17-14-13-15-18-20/h20-21H,4-15,17-18H2,1-3H3. The van der Waals surface area contributed by atoms with Crippen molar-refractivity contribution in [2.45, 2.75) is 116 Å². The van der Waals surface area contributed by atoms with Crippen LogP contribution in [-0.4, -0.2) is 15.1 Å². The Morgan fingerprint density at radius 2 is 1.52 bits per heavy atom. The Hall–Kier alpha value is -0.263. The van der Waals surface area contributed by atoms with Crippen molar-refractivity contribution in [3.05, 3.63) is 0 Å². The van der Waals surface area contributed by atoms with Crippen LogP contribution in [0.25, 0.3) is 0 Å². The lowest BCUT2D eigenvalue weighted by molar-refractivity contribution is 0.155. The van der Waals surface area contributed by atoms with Gasteiger partial charge >= 0.3 is 0 Å². The molecular formula is C21H39OSi. The summed E-state index contributed by atoms with van der Waals surface area (Å²) in [5, 5.41) is 0. The molecule has 1 radical (unpaired) electrons. The number of rotatable bonds is 11. The van der Waals surface area contributed by atoms with Crippen LogP contribution in [-0.2, 0) is 4.43 Å². The fourth-order valence-corrected chi connectivity index (χ4v) is 4.21. The van der Waals surface area contributed by atoms with E-state index >= 15 is 0 Å². The van der Waals surface area contributed by atoms with Gasteiger partial charge in [-0.1, -0.05) is 77.1 Å². The molecule has 1 fully saturated rings. The predicted molar refractivity (Wildman–Crippen MR) is 104 cm³/mol. The predicted octanol–water partition coefficient (Wildman–Crippen LogP) is 6.74. The third-order valence-electron chi connectivity index (χ3n) is 4.84. The number of unbranched alkanes of at least 4 members (excludes halogenated alkanes) is 8. The van der Waals surface area contributed by atoms with Gasteiger partial charge in [-0.2, -0.15) is 0 Å². The molecule has 0 bridgehead atoms. The highest BCUT2D eigenvalue weighted by Crippen LogP contribution is 2.28. The van der Waals surface area contributed by atoms with Crippen molar-refractivity contribution < 1.29 is 4.43 Å². The van der Waals surface area contributed by atoms with Gasteiger partial charge in [0.1, 0.15) is 6.10 Å². The zero-order valence-corrected chi connectivity index (χ0v) is 17.0. The molecule has 1 atom stereocenters. The second-order valence-electron chi connectivity index (χ2n) is 7.39. The van der Waals surface area contributed by atoms with Crippen LogP contribution >= 0.6 is 0 Å². The van der Waals surface area contributed by atoms with Crippen molar-refractivity contribution in [3.8, 4) is 11.8 Å². The lowest BCUT2D eigenvalue weighted by atomic mass is 9.85. The van der Waals surface area contributed by atoms with Crippen LogP contribution in [0.1, 0.15) is 96.8 Å². The number of hydrogen-bond donors (Lipinski definition) is 0. The molecular weight excluding hydrogens is 296 g/mol. The zero-order valence-electron chi connectivity index (χ0n) is 16.0. The largest absolute Gasteiger partial charge is 0.403 e. The smallest absolute Gasteiger partial charge is 0.206 e. The molecule has 1 aliphatic rings. The molecule has 0 amide bonds. The normalized spacial score (nSPS) is 17.0. The quantitative estimate of drug-likeness (QED) is 0.231. The van der Waals surface area contributed by atoms with E-state index in [0.29, 0.717) is 5.92 Å². The van der Waals surface area contributed by atoms with Crippen LogP contribution < -0.4 is 0 Å². The molecule has 133 valence electrons. The van der Waals surface area contributed by atoms with Gasteiger partial charge in [-0.15, -0.1) is 5.92 Å². The molecule has 1 saturated carbocycles. The molecule has 1 unspecified atom stereocenters. The number of hydrogen-bond acceptors (Lipinski definition) is 1. The second-order valence-corrected chi connectivity index (χ2v) is 9.44. The van der Waals surface area contributed by atoms with Crippen LogP contribution in [0, 0.1) is 17.8 Å². The molecule has 0 aromatic rings. The highest BCUT2D eigenvalue weighted by atomic mass is 28.3. The topological polar surface area (TPSA) is 9.23 Å². The first-order valence-corrected chi connectivity index (χ1v) is 12.6. The van der Waals surface area contributed by atoms with Crippen molar-refractivity contribution in [2.24, 2.45) is 5.92 Å². The van der Waals surface area contributed by atoms with E-state index < -0.39 is 9.04 Å². The van der Waals surface area contributed by atoms with Crippen LogP contribution in [0.15, 0.2) is 0 Å². The van der Waals surface area contributed by atoms with E-state index in [4.69, 9.17) is 4.43 Å². The van der Waals surface area contributed by atoms with Gasteiger partial charge < -0.3 is 4.43 Å². The van der Waals surface area contributed by atoms with Crippen molar-refractivity contribution in [3.63, 3.8) is 0 Å². The first-order chi connectivity index (χ1) is 11.2. The van der Waals surface area contributed by atoms with E-state index in [0.717, 1.165) is 6.42 Å². The lowest BCUT2D eigenvalue weighted by Crippen LogP contribution is -2.29. The minimum Gasteiger partial charge on any atom is -0.403 e. The van der Waals surface area contributed by atoms with E-state index in [1.54, 1.807) is 0 Å². The third-order valence-corrected chi connectivity index (χ3v) is 5.57. The molecule has 1 rings (SSSR count). The van der Waals surface area contributed by atoms with Gasteiger partial charge in [0.25, 0.3) is 0 Å². The molecule has 1 nitrogen and oxygen atoms in total. The first kappa shape index (κ1) is 20.8. The fraction of sp³-hybridized carbons (Fsp3) is 0.905. The fourth-order valence-electron chi connectivity index (χ4n) is 3.45. The van der Waals surface area contributed by atoms with Gasteiger partial charge in [-0.05, 0) is 38.3 Å². The van der Waals surface area contributed by atoms with Crippen LogP contribution in [0.5, 0.6) is 0 Å². The summed E-state index contributed by atoms with van der Waals surface area (Å²) in [5.41, 5.74) is 0. The van der Waals surface area contributed by atoms with Gasteiger partial charge in [0.2, 0.25) is 9.04 Å². The second kappa shape index (κ2) is 14.1. The van der Waals surface area contributed by atoms with E-state index in [1.165, 1.54) is 83.5 Å². The Bertz CT molecular complexity index is 322. The monoisotopic (exact) mass is 335 g/mol. The minimum absolute atomic E-state index is 0.230. The van der Waals surface area contributed by atoms with E-state index in [1.807, 2.05) is 0 Å². The molecule has 1 aliphatic carbocycles. The van der Waals surface area contributed by atoms with Crippen LogP contribution in [0.2, 0.25) is 13.1 Å². The Morgan fingerprint density at radius 1 is 0.913 bits per heavy atom. The molecule has 0 aliphatic heterocycles. The van der Waals surface area contributed by atoms with Crippen molar-refractivity contribution in [1.82, 2.24) is 0 Å². The molecule has 0 spiro atoms. The van der Waals surface area contributed by atoms with E-state index in [-0.39, 0.29) is 6.10 Å². The summed E-state index contributed by atoms with van der Waals surface area (Å²) >= 11 is 0. The molecule has 2 heteroatoms. The van der Waals surface area contributed by atoms with Gasteiger partial charge in [0.15, 0.2) is 0 Å². The third kappa shape index (κ3) is 11.0. The maximum Gasteiger partial charge on any atom is 0.206 e. The summed E-state index contributed by atoms with van der Waals surface area (Å²) in [5.74, 6) is 7.64. The highest BCUT2D eigenvalue weighted by Gasteiger charge is 2.23. The van der Waals surface area contributed by atoms with Gasteiger partial charge in [0, 0.05) is 6.42 Å². The molecule has 23 heavy (non-hydrogen) atoms. The molecule has 0 aromatic heterocycles. The molecule has 0 aromatic carbocycles. The average molecular weight is 336 g/mol. The Kier molecular flexibility index (Phi) is 12.7. The summed E-state index contributed by atoms with van der Waals surface area (Å²) in [6.45, 7) is 6.76. The Morgan fingerprint density at radius 3 is 2.13 bits per heavy atom. The van der Waals surface area contributed by atoms with Crippen molar-refractivity contribution in [1.29, 1.82) is 0 Å². The summed E-state index contributed by atoms with van der Waals surface area (Å²) in [4.78, 5) is 0. The van der Waals surface area contributed by atoms with Crippen LogP contribution in [0.3, 0.4) is 0 Å². The Balaban J connectivity index is 2.16. The highest BCUT2D eigenvalue weighted by molar-refractivity contribution is 6.48. The maximum atomic E-state index is 6.20. The summed E-state index contributed by atoms with van der Waals surface area (Å²) in [6, 6.07) is 0. The lowest BCUT2D eigenvalue weighted by Gasteiger charge is -2.28. The van der Waals surface area contributed by atoms with E-state index in [2.05, 4.69) is 31.9 Å². The van der Waals surface area contributed by atoms with Crippen molar-refractivity contribution in [2.75, 3.05) is 0 Å². The summed E-state index contributed by atoms with van der Waals surface area (Å²) in [7, 11) is -0.646.